The van der Waals surface area contributed by atoms with E-state index in [9.17, 15) is 9.59 Å². The largest absolute Gasteiger partial charge is 0.458 e. The zero-order valence-corrected chi connectivity index (χ0v) is 13.7. The lowest BCUT2D eigenvalue weighted by atomic mass is 10.1. The third kappa shape index (κ3) is 2.41. The Morgan fingerprint density at radius 3 is 2.82 bits per heavy atom. The number of carbonyl (C=O) groups excluding carboxylic acids is 2. The van der Waals surface area contributed by atoms with Crippen LogP contribution in [0.2, 0.25) is 0 Å². The normalized spacial score (nSPS) is 20.5. The summed E-state index contributed by atoms with van der Waals surface area (Å²) in [4.78, 5) is 32.9. The van der Waals surface area contributed by atoms with Gasteiger partial charge in [-0.3, -0.25) is 14.7 Å². The number of rotatable bonds is 1. The minimum Gasteiger partial charge on any atom is -0.458 e. The SMILES string of the molecule is CN1C=C2C(C(=O)OC(C)(C)C)N=CN2c2ccsc2C1=O. The summed E-state index contributed by atoms with van der Waals surface area (Å²) in [6.45, 7) is 5.44. The summed E-state index contributed by atoms with van der Waals surface area (Å²) < 4.78 is 5.42. The van der Waals surface area contributed by atoms with Gasteiger partial charge in [-0.15, -0.1) is 11.3 Å². The Hall–Kier alpha value is -2.15. The fourth-order valence-corrected chi connectivity index (χ4v) is 3.22. The molecule has 0 saturated carbocycles. The van der Waals surface area contributed by atoms with E-state index in [0.29, 0.717) is 10.6 Å². The number of anilines is 1. The molecule has 1 aromatic rings. The predicted molar refractivity (Wildman–Crippen MR) is 85.1 cm³/mol. The first-order chi connectivity index (χ1) is 10.3. The Bertz CT molecular complexity index is 699. The molecule has 0 aromatic carbocycles. The third-order valence-corrected chi connectivity index (χ3v) is 4.16. The number of carbonyl (C=O) groups is 2. The molecule has 0 spiro atoms. The molecule has 0 aliphatic carbocycles. The Kier molecular flexibility index (Phi) is 3.32. The lowest BCUT2D eigenvalue weighted by Crippen LogP contribution is -2.33. The maximum Gasteiger partial charge on any atom is 0.337 e. The van der Waals surface area contributed by atoms with Gasteiger partial charge < -0.3 is 9.64 Å². The maximum absolute atomic E-state index is 12.4. The Labute approximate surface area is 132 Å². The predicted octanol–water partition coefficient (Wildman–Crippen LogP) is 2.23. The molecule has 3 heterocycles. The molecule has 0 fully saturated rings. The fraction of sp³-hybridized carbons (Fsp3) is 0.400. The standard InChI is InChI=1S/C15H17N3O3S/c1-15(2,3)21-14(20)11-10-7-17(4)13(19)12-9(5-6-22-12)18(10)8-16-11/h5-8,11H,1-4H3. The molecule has 0 N–H and O–H groups in total. The van der Waals surface area contributed by atoms with Crippen LogP contribution >= 0.6 is 11.3 Å². The van der Waals surface area contributed by atoms with Gasteiger partial charge >= 0.3 is 5.97 Å². The highest BCUT2D eigenvalue weighted by atomic mass is 32.1. The molecule has 116 valence electrons. The van der Waals surface area contributed by atoms with Crippen LogP contribution in [-0.2, 0) is 9.53 Å². The molecule has 0 radical (unpaired) electrons. The first-order valence-electron chi connectivity index (χ1n) is 6.90. The van der Waals surface area contributed by atoms with Crippen molar-refractivity contribution in [3.63, 3.8) is 0 Å². The van der Waals surface area contributed by atoms with E-state index in [4.69, 9.17) is 4.74 Å². The first-order valence-corrected chi connectivity index (χ1v) is 7.77. The van der Waals surface area contributed by atoms with Crippen LogP contribution in [0.25, 0.3) is 0 Å². The lowest BCUT2D eigenvalue weighted by Gasteiger charge is -2.23. The van der Waals surface area contributed by atoms with Crippen LogP contribution in [0.1, 0.15) is 30.4 Å². The highest BCUT2D eigenvalue weighted by Gasteiger charge is 2.38. The smallest absolute Gasteiger partial charge is 0.337 e. The van der Waals surface area contributed by atoms with E-state index in [1.54, 1.807) is 24.5 Å². The van der Waals surface area contributed by atoms with Gasteiger partial charge in [0.05, 0.1) is 17.7 Å². The number of nitrogens with zero attached hydrogens (tertiary/aromatic N) is 3. The van der Waals surface area contributed by atoms with E-state index >= 15 is 0 Å². The minimum absolute atomic E-state index is 0.0942. The Balaban J connectivity index is 1.98. The van der Waals surface area contributed by atoms with Crippen LogP contribution in [0.3, 0.4) is 0 Å². The van der Waals surface area contributed by atoms with Crippen LogP contribution in [0.5, 0.6) is 0 Å². The minimum atomic E-state index is -0.750. The highest BCUT2D eigenvalue weighted by Crippen LogP contribution is 2.36. The van der Waals surface area contributed by atoms with Gasteiger partial charge in [0, 0.05) is 13.2 Å². The van der Waals surface area contributed by atoms with Gasteiger partial charge in [-0.2, -0.15) is 0 Å². The molecule has 6 nitrogen and oxygen atoms in total. The van der Waals surface area contributed by atoms with Crippen molar-refractivity contribution in [2.24, 2.45) is 4.99 Å². The summed E-state index contributed by atoms with van der Waals surface area (Å²) in [6.07, 6.45) is 3.23. The van der Waals surface area contributed by atoms with Crippen molar-refractivity contribution in [2.75, 3.05) is 11.9 Å². The van der Waals surface area contributed by atoms with Gasteiger partial charge in [-0.05, 0) is 32.2 Å². The molecule has 7 heteroatoms. The van der Waals surface area contributed by atoms with Crippen molar-refractivity contribution >= 4 is 35.2 Å². The van der Waals surface area contributed by atoms with E-state index in [0.717, 1.165) is 5.69 Å². The van der Waals surface area contributed by atoms with E-state index < -0.39 is 17.6 Å². The van der Waals surface area contributed by atoms with Crippen LogP contribution in [-0.4, -0.2) is 41.8 Å². The number of ether oxygens (including phenoxy) is 1. The Morgan fingerprint density at radius 2 is 2.14 bits per heavy atom. The molecule has 1 aromatic heterocycles. The second-order valence-corrected chi connectivity index (χ2v) is 7.09. The van der Waals surface area contributed by atoms with Gasteiger partial charge in [0.1, 0.15) is 10.5 Å². The zero-order chi connectivity index (χ0) is 16.1. The van der Waals surface area contributed by atoms with Crippen molar-refractivity contribution in [3.8, 4) is 0 Å². The molecule has 2 aliphatic rings. The van der Waals surface area contributed by atoms with E-state index in [1.807, 2.05) is 32.2 Å². The fourth-order valence-electron chi connectivity index (χ4n) is 2.35. The van der Waals surface area contributed by atoms with E-state index in [1.165, 1.54) is 16.2 Å². The first kappa shape index (κ1) is 14.8. The van der Waals surface area contributed by atoms with Crippen molar-refractivity contribution < 1.29 is 14.3 Å². The zero-order valence-electron chi connectivity index (χ0n) is 12.9. The summed E-state index contributed by atoms with van der Waals surface area (Å²) >= 11 is 1.38. The van der Waals surface area contributed by atoms with Gasteiger partial charge in [-0.1, -0.05) is 0 Å². The number of esters is 1. The van der Waals surface area contributed by atoms with Crippen molar-refractivity contribution in [1.29, 1.82) is 0 Å². The van der Waals surface area contributed by atoms with Crippen molar-refractivity contribution in [1.82, 2.24) is 4.90 Å². The molecule has 0 bridgehead atoms. The second-order valence-electron chi connectivity index (χ2n) is 6.18. The molecular weight excluding hydrogens is 302 g/mol. The number of aliphatic imine (C=N–C) groups is 1. The summed E-state index contributed by atoms with van der Waals surface area (Å²) in [5.41, 5.74) is 0.795. The lowest BCUT2D eigenvalue weighted by molar-refractivity contribution is -0.155. The summed E-state index contributed by atoms with van der Waals surface area (Å²) in [5, 5.41) is 1.86. The quantitative estimate of drug-likeness (QED) is 0.745. The molecule has 0 saturated heterocycles. The summed E-state index contributed by atoms with van der Waals surface area (Å²) in [7, 11) is 1.67. The number of amides is 1. The monoisotopic (exact) mass is 319 g/mol. The average Bonchev–Trinajstić information content (AvgIpc) is 2.99. The summed E-state index contributed by atoms with van der Waals surface area (Å²) in [6, 6.07) is 1.11. The maximum atomic E-state index is 12.4. The highest BCUT2D eigenvalue weighted by molar-refractivity contribution is 7.12. The molecule has 22 heavy (non-hydrogen) atoms. The van der Waals surface area contributed by atoms with Gasteiger partial charge in [-0.25, -0.2) is 4.79 Å². The number of fused-ring (bicyclic) bond motifs is 3. The third-order valence-electron chi connectivity index (χ3n) is 3.26. The molecule has 3 rings (SSSR count). The van der Waals surface area contributed by atoms with E-state index in [2.05, 4.69) is 4.99 Å². The molecular formula is C15H17N3O3S. The Morgan fingerprint density at radius 1 is 1.41 bits per heavy atom. The van der Waals surface area contributed by atoms with Crippen LogP contribution < -0.4 is 4.90 Å². The number of hydrogen-bond donors (Lipinski definition) is 0. The van der Waals surface area contributed by atoms with Crippen molar-refractivity contribution in [2.45, 2.75) is 32.4 Å². The topological polar surface area (TPSA) is 62.2 Å². The molecule has 1 amide bonds. The second kappa shape index (κ2) is 4.95. The van der Waals surface area contributed by atoms with E-state index in [-0.39, 0.29) is 5.91 Å². The van der Waals surface area contributed by atoms with Crippen LogP contribution in [0, 0.1) is 0 Å². The van der Waals surface area contributed by atoms with Crippen molar-refractivity contribution in [3.05, 3.63) is 28.2 Å². The van der Waals surface area contributed by atoms with Gasteiger partial charge in [0.15, 0.2) is 6.04 Å². The average molecular weight is 319 g/mol. The number of hydrogen-bond acceptors (Lipinski definition) is 6. The summed E-state index contributed by atoms with van der Waals surface area (Å²) in [5.74, 6) is -0.514. The number of thiophene rings is 1. The molecule has 2 aliphatic heterocycles. The van der Waals surface area contributed by atoms with Crippen LogP contribution in [0.4, 0.5) is 5.69 Å². The van der Waals surface area contributed by atoms with Crippen LogP contribution in [0.15, 0.2) is 28.3 Å². The molecule has 1 atom stereocenters. The molecule has 1 unspecified atom stereocenters. The van der Waals surface area contributed by atoms with Gasteiger partial charge in [0.25, 0.3) is 5.91 Å². The van der Waals surface area contributed by atoms with Gasteiger partial charge in [0.2, 0.25) is 0 Å².